The molecule has 0 unspecified atom stereocenters. The second kappa shape index (κ2) is 12.5. The third-order valence-electron chi connectivity index (χ3n) is 4.97. The largest absolute Gasteiger partial charge is 0.298 e. The Labute approximate surface area is 169 Å². The van der Waals surface area contributed by atoms with Crippen LogP contribution in [-0.2, 0) is 4.79 Å². The molecule has 0 fully saturated rings. The van der Waals surface area contributed by atoms with Crippen LogP contribution in [0.15, 0.2) is 60.2 Å². The van der Waals surface area contributed by atoms with Crippen molar-refractivity contribution in [3.05, 3.63) is 65.7 Å². The van der Waals surface area contributed by atoms with E-state index in [1.54, 1.807) is 0 Å². The SMILES string of the molecule is CCCCCCCCCCC(C=O)=C(Cl)c1ccc(-c2ccccc2)cc1. The lowest BCUT2D eigenvalue weighted by molar-refractivity contribution is -0.105. The number of hydrogen-bond donors (Lipinski definition) is 0. The number of carbonyl (C=O) groups excluding carboxylic acids is 1. The molecule has 0 aliphatic heterocycles. The molecule has 0 heterocycles. The lowest BCUT2D eigenvalue weighted by atomic mass is 10.0. The molecule has 0 aromatic heterocycles. The summed E-state index contributed by atoms with van der Waals surface area (Å²) in [7, 11) is 0. The van der Waals surface area contributed by atoms with Gasteiger partial charge in [-0.2, -0.15) is 0 Å². The van der Waals surface area contributed by atoms with E-state index in [1.165, 1.54) is 50.5 Å². The Kier molecular flexibility index (Phi) is 9.94. The Morgan fingerprint density at radius 2 is 1.33 bits per heavy atom. The molecule has 0 atom stereocenters. The van der Waals surface area contributed by atoms with E-state index in [4.69, 9.17) is 11.6 Å². The minimum atomic E-state index is 0.590. The van der Waals surface area contributed by atoms with Gasteiger partial charge in [-0.25, -0.2) is 0 Å². The molecular formula is C25H31ClO. The molecule has 2 aromatic carbocycles. The highest BCUT2D eigenvalue weighted by molar-refractivity contribution is 6.50. The van der Waals surface area contributed by atoms with Crippen LogP contribution in [0.3, 0.4) is 0 Å². The number of aldehydes is 1. The summed E-state index contributed by atoms with van der Waals surface area (Å²) in [5.41, 5.74) is 3.96. The number of unbranched alkanes of at least 4 members (excludes halogenated alkanes) is 7. The van der Waals surface area contributed by atoms with Gasteiger partial charge >= 0.3 is 0 Å². The number of carbonyl (C=O) groups is 1. The van der Waals surface area contributed by atoms with Crippen molar-refractivity contribution in [3.8, 4) is 11.1 Å². The van der Waals surface area contributed by atoms with E-state index < -0.39 is 0 Å². The fourth-order valence-corrected chi connectivity index (χ4v) is 3.56. The molecule has 144 valence electrons. The normalized spacial score (nSPS) is 11.9. The van der Waals surface area contributed by atoms with E-state index in [0.717, 1.165) is 35.8 Å². The van der Waals surface area contributed by atoms with Crippen LogP contribution in [0.25, 0.3) is 16.2 Å². The van der Waals surface area contributed by atoms with Crippen LogP contribution in [0.5, 0.6) is 0 Å². The number of hydrogen-bond acceptors (Lipinski definition) is 1. The first-order chi connectivity index (χ1) is 13.3. The van der Waals surface area contributed by atoms with Crippen molar-refractivity contribution in [2.24, 2.45) is 0 Å². The highest BCUT2D eigenvalue weighted by Gasteiger charge is 2.07. The highest BCUT2D eigenvalue weighted by atomic mass is 35.5. The maximum absolute atomic E-state index is 11.5. The molecule has 27 heavy (non-hydrogen) atoms. The lowest BCUT2D eigenvalue weighted by Crippen LogP contribution is -1.91. The smallest absolute Gasteiger partial charge is 0.147 e. The van der Waals surface area contributed by atoms with Crippen LogP contribution >= 0.6 is 11.6 Å². The third kappa shape index (κ3) is 7.34. The summed E-state index contributed by atoms with van der Waals surface area (Å²) < 4.78 is 0. The van der Waals surface area contributed by atoms with Crippen molar-refractivity contribution in [1.82, 2.24) is 0 Å². The van der Waals surface area contributed by atoms with E-state index in [-0.39, 0.29) is 0 Å². The molecule has 1 nitrogen and oxygen atoms in total. The van der Waals surface area contributed by atoms with Crippen LogP contribution in [0.1, 0.15) is 70.3 Å². The molecule has 0 aliphatic carbocycles. The Balaban J connectivity index is 1.87. The molecule has 0 radical (unpaired) electrons. The van der Waals surface area contributed by atoms with Crippen molar-refractivity contribution >= 4 is 22.9 Å². The maximum atomic E-state index is 11.5. The average molecular weight is 383 g/mol. The Bertz CT molecular complexity index is 701. The van der Waals surface area contributed by atoms with E-state index in [2.05, 4.69) is 31.2 Å². The van der Waals surface area contributed by atoms with Crippen LogP contribution in [-0.4, -0.2) is 6.29 Å². The molecule has 2 heteroatoms. The monoisotopic (exact) mass is 382 g/mol. The van der Waals surface area contributed by atoms with Gasteiger partial charge in [0.2, 0.25) is 0 Å². The van der Waals surface area contributed by atoms with Crippen molar-refractivity contribution in [2.75, 3.05) is 0 Å². The van der Waals surface area contributed by atoms with Gasteiger partial charge in [0.25, 0.3) is 0 Å². The first kappa shape index (κ1) is 21.4. The summed E-state index contributed by atoms with van der Waals surface area (Å²) >= 11 is 6.52. The Morgan fingerprint density at radius 3 is 1.93 bits per heavy atom. The Morgan fingerprint density at radius 1 is 0.778 bits per heavy atom. The van der Waals surface area contributed by atoms with Gasteiger partial charge in [0.15, 0.2) is 0 Å². The molecule has 0 spiro atoms. The number of halogens is 1. The van der Waals surface area contributed by atoms with E-state index >= 15 is 0 Å². The second-order valence-corrected chi connectivity index (χ2v) is 7.50. The summed E-state index contributed by atoms with van der Waals surface area (Å²) in [6, 6.07) is 18.4. The second-order valence-electron chi connectivity index (χ2n) is 7.13. The lowest BCUT2D eigenvalue weighted by Gasteiger charge is -2.07. The molecule has 0 amide bonds. The maximum Gasteiger partial charge on any atom is 0.147 e. The minimum absolute atomic E-state index is 0.590. The molecular weight excluding hydrogens is 352 g/mol. The predicted molar refractivity (Wildman–Crippen MR) is 118 cm³/mol. The zero-order valence-electron chi connectivity index (χ0n) is 16.4. The van der Waals surface area contributed by atoms with Gasteiger partial charge in [-0.3, -0.25) is 4.79 Å². The van der Waals surface area contributed by atoms with Gasteiger partial charge in [-0.1, -0.05) is 118 Å². The van der Waals surface area contributed by atoms with Crippen LogP contribution < -0.4 is 0 Å². The Hall–Kier alpha value is -1.86. The summed E-state index contributed by atoms with van der Waals surface area (Å²) in [6.45, 7) is 2.24. The van der Waals surface area contributed by atoms with Gasteiger partial charge in [0, 0.05) is 5.57 Å². The van der Waals surface area contributed by atoms with Crippen LogP contribution in [0, 0.1) is 0 Å². The average Bonchev–Trinajstić information content (AvgIpc) is 2.73. The van der Waals surface area contributed by atoms with Crippen LogP contribution in [0.4, 0.5) is 0 Å². The summed E-state index contributed by atoms with van der Waals surface area (Å²) in [6.07, 6.45) is 11.7. The van der Waals surface area contributed by atoms with E-state index in [9.17, 15) is 4.79 Å². The summed E-state index contributed by atoms with van der Waals surface area (Å²) in [4.78, 5) is 11.5. The molecule has 0 aliphatic rings. The molecule has 0 saturated heterocycles. The summed E-state index contributed by atoms with van der Waals surface area (Å²) in [5.74, 6) is 0. The summed E-state index contributed by atoms with van der Waals surface area (Å²) in [5, 5.41) is 0.590. The first-order valence-corrected chi connectivity index (χ1v) is 10.6. The molecule has 2 rings (SSSR count). The van der Waals surface area contributed by atoms with E-state index in [0.29, 0.717) is 5.03 Å². The van der Waals surface area contributed by atoms with Gasteiger partial charge in [0.05, 0.1) is 5.03 Å². The standard InChI is InChI=1S/C25H31ClO/c1-2-3-4-5-6-7-8-10-15-24(20-27)25(26)23-18-16-22(17-19-23)21-13-11-9-12-14-21/h9,11-14,16-20H,2-8,10,15H2,1H3. The molecule has 0 saturated carbocycles. The van der Waals surface area contributed by atoms with Gasteiger partial charge < -0.3 is 0 Å². The zero-order chi connectivity index (χ0) is 19.3. The van der Waals surface area contributed by atoms with Crippen molar-refractivity contribution < 1.29 is 4.79 Å². The topological polar surface area (TPSA) is 17.1 Å². The quantitative estimate of drug-likeness (QED) is 0.206. The predicted octanol–water partition coefficient (Wildman–Crippen LogP) is 8.03. The fourth-order valence-electron chi connectivity index (χ4n) is 3.29. The van der Waals surface area contributed by atoms with Gasteiger partial charge in [-0.15, -0.1) is 0 Å². The van der Waals surface area contributed by atoms with Crippen molar-refractivity contribution in [3.63, 3.8) is 0 Å². The molecule has 2 aromatic rings. The van der Waals surface area contributed by atoms with Crippen molar-refractivity contribution in [1.29, 1.82) is 0 Å². The molecule has 0 bridgehead atoms. The molecule has 0 N–H and O–H groups in total. The van der Waals surface area contributed by atoms with E-state index in [1.807, 2.05) is 30.3 Å². The first-order valence-electron chi connectivity index (χ1n) is 10.3. The van der Waals surface area contributed by atoms with Gasteiger partial charge in [-0.05, 0) is 29.5 Å². The number of allylic oxidation sites excluding steroid dienone is 1. The number of rotatable bonds is 12. The minimum Gasteiger partial charge on any atom is -0.298 e. The van der Waals surface area contributed by atoms with Crippen LogP contribution in [0.2, 0.25) is 0 Å². The van der Waals surface area contributed by atoms with Gasteiger partial charge in [0.1, 0.15) is 6.29 Å². The highest BCUT2D eigenvalue weighted by Crippen LogP contribution is 2.28. The third-order valence-corrected chi connectivity index (χ3v) is 5.43. The fraction of sp³-hybridized carbons (Fsp3) is 0.400. The number of benzene rings is 2. The zero-order valence-corrected chi connectivity index (χ0v) is 17.2. The van der Waals surface area contributed by atoms with Crippen molar-refractivity contribution in [2.45, 2.75) is 64.7 Å².